The monoisotopic (exact) mass is 292 g/mol. The maximum atomic E-state index is 11.1. The first-order valence-corrected chi connectivity index (χ1v) is 7.16. The Balaban J connectivity index is 2.26. The summed E-state index contributed by atoms with van der Waals surface area (Å²) in [4.78, 5) is 21.7. The Morgan fingerprint density at radius 3 is 2.67 bits per heavy atom. The summed E-state index contributed by atoms with van der Waals surface area (Å²) in [6.07, 6.45) is 3.09. The maximum absolute atomic E-state index is 11.1. The molecule has 1 aliphatic rings. The largest absolute Gasteiger partial charge is 0.478 e. The number of aromatic carboxylic acids is 1. The molecule has 6 nitrogen and oxygen atoms in total. The molecule has 2 rings (SSSR count). The molecule has 1 aliphatic carbocycles. The number of nitrogens with one attached hydrogen (secondary N) is 1. The van der Waals surface area contributed by atoms with Gasteiger partial charge >= 0.3 is 5.97 Å². The lowest BCUT2D eigenvalue weighted by Crippen LogP contribution is -2.33. The van der Waals surface area contributed by atoms with Gasteiger partial charge in [0.15, 0.2) is 0 Å². The molecule has 1 aromatic rings. The van der Waals surface area contributed by atoms with E-state index < -0.39 is 10.9 Å². The lowest BCUT2D eigenvalue weighted by atomic mass is 9.80. The number of carbonyl (C=O) groups is 1. The topological polar surface area (TPSA) is 92.5 Å². The molecule has 0 saturated heterocycles. The van der Waals surface area contributed by atoms with E-state index in [0.717, 1.165) is 19.3 Å². The van der Waals surface area contributed by atoms with Gasteiger partial charge in [-0.05, 0) is 43.2 Å². The van der Waals surface area contributed by atoms with Crippen LogP contribution in [0.15, 0.2) is 18.2 Å². The smallest absolute Gasteiger partial charge is 0.335 e. The van der Waals surface area contributed by atoms with Crippen LogP contribution in [0.4, 0.5) is 11.4 Å². The molecular formula is C15H20N2O4. The van der Waals surface area contributed by atoms with Gasteiger partial charge in [-0.1, -0.05) is 13.8 Å². The molecule has 0 spiro atoms. The van der Waals surface area contributed by atoms with Crippen molar-refractivity contribution in [1.29, 1.82) is 0 Å². The van der Waals surface area contributed by atoms with E-state index in [-0.39, 0.29) is 17.3 Å². The van der Waals surface area contributed by atoms with Crippen molar-refractivity contribution in [3.8, 4) is 0 Å². The van der Waals surface area contributed by atoms with Gasteiger partial charge in [0.1, 0.15) is 5.69 Å². The van der Waals surface area contributed by atoms with Crippen molar-refractivity contribution < 1.29 is 14.8 Å². The molecule has 1 fully saturated rings. The Morgan fingerprint density at radius 2 is 2.10 bits per heavy atom. The van der Waals surface area contributed by atoms with Crippen molar-refractivity contribution in [1.82, 2.24) is 0 Å². The van der Waals surface area contributed by atoms with Gasteiger partial charge < -0.3 is 10.4 Å². The van der Waals surface area contributed by atoms with E-state index in [4.69, 9.17) is 5.11 Å². The number of hydrogen-bond donors (Lipinski definition) is 2. The Bertz CT molecular complexity index is 559. The van der Waals surface area contributed by atoms with E-state index in [1.807, 2.05) is 0 Å². The third kappa shape index (κ3) is 3.51. The molecule has 1 saturated carbocycles. The molecule has 3 unspecified atom stereocenters. The molecule has 2 N–H and O–H groups in total. The van der Waals surface area contributed by atoms with Crippen molar-refractivity contribution >= 4 is 17.3 Å². The summed E-state index contributed by atoms with van der Waals surface area (Å²) in [7, 11) is 0. The number of nitro groups is 1. The Hall–Kier alpha value is -2.11. The summed E-state index contributed by atoms with van der Waals surface area (Å²) in [5.41, 5.74) is 0.275. The SMILES string of the molecule is CC1CCC(Nc2cc(C(=O)O)ccc2[N+](=O)[O-])C(C)C1. The first-order chi connectivity index (χ1) is 9.88. The summed E-state index contributed by atoms with van der Waals surface area (Å²) in [6, 6.07) is 4.01. The van der Waals surface area contributed by atoms with E-state index in [2.05, 4.69) is 19.2 Å². The zero-order valence-corrected chi connectivity index (χ0v) is 12.2. The number of hydrogen-bond acceptors (Lipinski definition) is 4. The van der Waals surface area contributed by atoms with Gasteiger partial charge in [0, 0.05) is 12.1 Å². The standard InChI is InChI=1S/C15H20N2O4/c1-9-3-5-12(10(2)7-9)16-13-8-11(15(18)19)4-6-14(13)17(20)21/h4,6,8-10,12,16H,3,5,7H2,1-2H3,(H,18,19). The summed E-state index contributed by atoms with van der Waals surface area (Å²) < 4.78 is 0. The summed E-state index contributed by atoms with van der Waals surface area (Å²) in [5.74, 6) is -0.0153. The molecule has 3 atom stereocenters. The van der Waals surface area contributed by atoms with Crippen LogP contribution in [0, 0.1) is 22.0 Å². The first kappa shape index (κ1) is 15.3. The predicted molar refractivity (Wildman–Crippen MR) is 79.6 cm³/mol. The molecule has 0 aliphatic heterocycles. The highest BCUT2D eigenvalue weighted by Gasteiger charge is 2.27. The van der Waals surface area contributed by atoms with Gasteiger partial charge in [0.2, 0.25) is 0 Å². The highest BCUT2D eigenvalue weighted by molar-refractivity contribution is 5.90. The highest BCUT2D eigenvalue weighted by Crippen LogP contribution is 2.33. The van der Waals surface area contributed by atoms with Crippen LogP contribution in [0.5, 0.6) is 0 Å². The minimum atomic E-state index is -1.08. The van der Waals surface area contributed by atoms with Gasteiger partial charge in [-0.15, -0.1) is 0 Å². The van der Waals surface area contributed by atoms with Crippen LogP contribution in [0.2, 0.25) is 0 Å². The quantitative estimate of drug-likeness (QED) is 0.654. The number of carboxylic acids is 1. The highest BCUT2D eigenvalue weighted by atomic mass is 16.6. The van der Waals surface area contributed by atoms with E-state index in [1.165, 1.54) is 18.2 Å². The number of rotatable bonds is 4. The molecule has 21 heavy (non-hydrogen) atoms. The van der Waals surface area contributed by atoms with Crippen LogP contribution < -0.4 is 5.32 Å². The lowest BCUT2D eigenvalue weighted by Gasteiger charge is -2.33. The van der Waals surface area contributed by atoms with Crippen molar-refractivity contribution in [3.63, 3.8) is 0 Å². The van der Waals surface area contributed by atoms with Crippen LogP contribution in [0.1, 0.15) is 43.5 Å². The molecule has 0 bridgehead atoms. The van der Waals surface area contributed by atoms with Crippen LogP contribution in [-0.4, -0.2) is 22.0 Å². The second-order valence-corrected chi connectivity index (χ2v) is 5.94. The van der Waals surface area contributed by atoms with Crippen LogP contribution in [0.25, 0.3) is 0 Å². The summed E-state index contributed by atoms with van der Waals surface area (Å²) in [5, 5.41) is 23.3. The predicted octanol–water partition coefficient (Wildman–Crippen LogP) is 3.53. The van der Waals surface area contributed by atoms with Crippen molar-refractivity contribution in [2.45, 2.75) is 39.2 Å². The maximum Gasteiger partial charge on any atom is 0.335 e. The minimum absolute atomic E-state index is 0.0555. The molecule has 0 amide bonds. The molecular weight excluding hydrogens is 272 g/mol. The first-order valence-electron chi connectivity index (χ1n) is 7.16. The zero-order valence-electron chi connectivity index (χ0n) is 12.2. The van der Waals surface area contributed by atoms with E-state index in [0.29, 0.717) is 17.5 Å². The van der Waals surface area contributed by atoms with Crippen molar-refractivity contribution in [3.05, 3.63) is 33.9 Å². The van der Waals surface area contributed by atoms with E-state index in [1.54, 1.807) is 0 Å². The Kier molecular flexibility index (Phi) is 4.45. The fourth-order valence-corrected chi connectivity index (χ4v) is 3.02. The second kappa shape index (κ2) is 6.11. The molecule has 114 valence electrons. The third-order valence-corrected chi connectivity index (χ3v) is 4.21. The summed E-state index contributed by atoms with van der Waals surface area (Å²) >= 11 is 0. The zero-order chi connectivity index (χ0) is 15.6. The number of nitro benzene ring substituents is 1. The fraction of sp³-hybridized carbons (Fsp3) is 0.533. The Morgan fingerprint density at radius 1 is 1.38 bits per heavy atom. The Labute approximate surface area is 123 Å². The van der Waals surface area contributed by atoms with Gasteiger partial charge in [0.25, 0.3) is 5.69 Å². The molecule has 0 heterocycles. The fourth-order valence-electron chi connectivity index (χ4n) is 3.02. The van der Waals surface area contributed by atoms with Crippen LogP contribution in [0.3, 0.4) is 0 Å². The van der Waals surface area contributed by atoms with Crippen molar-refractivity contribution in [2.75, 3.05) is 5.32 Å². The third-order valence-electron chi connectivity index (χ3n) is 4.21. The number of benzene rings is 1. The van der Waals surface area contributed by atoms with Gasteiger partial charge in [-0.3, -0.25) is 10.1 Å². The second-order valence-electron chi connectivity index (χ2n) is 5.94. The molecule has 0 aromatic heterocycles. The average Bonchev–Trinajstić information content (AvgIpc) is 2.41. The molecule has 6 heteroatoms. The number of nitrogens with zero attached hydrogens (tertiary/aromatic N) is 1. The average molecular weight is 292 g/mol. The minimum Gasteiger partial charge on any atom is -0.478 e. The van der Waals surface area contributed by atoms with E-state index in [9.17, 15) is 14.9 Å². The van der Waals surface area contributed by atoms with Gasteiger partial charge in [0.05, 0.1) is 10.5 Å². The van der Waals surface area contributed by atoms with Crippen LogP contribution in [-0.2, 0) is 0 Å². The van der Waals surface area contributed by atoms with E-state index >= 15 is 0 Å². The van der Waals surface area contributed by atoms with Crippen molar-refractivity contribution in [2.24, 2.45) is 11.8 Å². The lowest BCUT2D eigenvalue weighted by molar-refractivity contribution is -0.384. The molecule has 1 aromatic carbocycles. The summed E-state index contributed by atoms with van der Waals surface area (Å²) in [6.45, 7) is 4.33. The number of carboxylic acid groups (broad SMARTS) is 1. The van der Waals surface area contributed by atoms with Gasteiger partial charge in [-0.25, -0.2) is 4.79 Å². The van der Waals surface area contributed by atoms with Crippen LogP contribution >= 0.6 is 0 Å². The van der Waals surface area contributed by atoms with Gasteiger partial charge in [-0.2, -0.15) is 0 Å². The normalized spacial score (nSPS) is 25.3. The molecule has 0 radical (unpaired) electrons. The number of anilines is 1.